The summed E-state index contributed by atoms with van der Waals surface area (Å²) in [5.74, 6) is -0.901. The van der Waals surface area contributed by atoms with Crippen molar-refractivity contribution in [2.24, 2.45) is 0 Å². The molecule has 10 nitrogen and oxygen atoms in total. The summed E-state index contributed by atoms with van der Waals surface area (Å²) in [6.07, 6.45) is -3.19. The molecule has 0 radical (unpaired) electrons. The molecule has 0 aliphatic carbocycles. The second-order valence-electron chi connectivity index (χ2n) is 2.38. The van der Waals surface area contributed by atoms with E-state index in [2.05, 4.69) is 4.31 Å². The molecule has 0 amide bonds. The number of Topliss-reactive ketones (excluding diaryl/α,β-unsaturated/α-hetero) is 1. The lowest BCUT2D eigenvalue weighted by Gasteiger charge is -2.11. The van der Waals surface area contributed by atoms with Crippen LogP contribution in [-0.2, 0) is 18.2 Å². The van der Waals surface area contributed by atoms with E-state index in [0.29, 0.717) is 0 Å². The van der Waals surface area contributed by atoms with Gasteiger partial charge in [0.05, 0.1) is 6.61 Å². The number of hydrogen-bond acceptors (Lipinski definition) is 8. The zero-order valence-electron chi connectivity index (χ0n) is 8.28. The van der Waals surface area contributed by atoms with Crippen LogP contribution in [0.1, 0.15) is 0 Å². The molecular formula is C5H12O10P2+2. The van der Waals surface area contributed by atoms with Crippen LogP contribution in [0, 0.1) is 0 Å². The molecule has 6 N–H and O–H groups in total. The molecule has 12 heteroatoms. The first kappa shape index (κ1) is 18.9. The molecule has 0 saturated heterocycles. The lowest BCUT2D eigenvalue weighted by atomic mass is 10.1. The summed E-state index contributed by atoms with van der Waals surface area (Å²) in [5.41, 5.74) is 0. The molecule has 17 heavy (non-hydrogen) atoms. The maximum absolute atomic E-state index is 10.3. The van der Waals surface area contributed by atoms with Crippen molar-refractivity contribution in [2.75, 3.05) is 13.2 Å². The van der Waals surface area contributed by atoms with Crippen molar-refractivity contribution < 1.29 is 48.4 Å². The van der Waals surface area contributed by atoms with Crippen LogP contribution in [0.4, 0.5) is 0 Å². The molecule has 0 aromatic rings. The first-order chi connectivity index (χ1) is 7.76. The van der Waals surface area contributed by atoms with Crippen LogP contribution in [0.2, 0.25) is 0 Å². The minimum Gasteiger partial charge on any atom is -0.394 e. The van der Waals surface area contributed by atoms with Crippen molar-refractivity contribution in [1.82, 2.24) is 0 Å². The van der Waals surface area contributed by atoms with E-state index in [0.717, 1.165) is 0 Å². The summed E-state index contributed by atoms with van der Waals surface area (Å²) >= 11 is 0. The van der Waals surface area contributed by atoms with Crippen LogP contribution < -0.4 is 0 Å². The molecule has 0 aliphatic heterocycles. The zero-order chi connectivity index (χ0) is 14.0. The molecule has 0 spiro atoms. The molecule has 0 bridgehead atoms. The molecule has 4 atom stereocenters. The minimum absolute atomic E-state index is 0.701. The lowest BCUT2D eigenvalue weighted by molar-refractivity contribution is -0.137. The van der Waals surface area contributed by atoms with Gasteiger partial charge in [0.15, 0.2) is 10.1 Å². The van der Waals surface area contributed by atoms with Gasteiger partial charge in [0, 0.05) is 9.13 Å². The average molecular weight is 294 g/mol. The second kappa shape index (κ2) is 10.7. The molecule has 0 fully saturated rings. The molecular weight excluding hydrogens is 282 g/mol. The van der Waals surface area contributed by atoms with E-state index in [-0.39, 0.29) is 0 Å². The Morgan fingerprint density at radius 3 is 1.71 bits per heavy atom. The van der Waals surface area contributed by atoms with Gasteiger partial charge in [0.1, 0.15) is 18.8 Å². The number of hydrogen-bond donors (Lipinski definition) is 6. The topological polar surface area (TPSA) is 182 Å². The van der Waals surface area contributed by atoms with Crippen LogP contribution in [-0.4, -0.2) is 61.4 Å². The van der Waals surface area contributed by atoms with E-state index >= 15 is 0 Å². The highest BCUT2D eigenvalue weighted by Gasteiger charge is 2.31. The Bertz CT molecular complexity index is 255. The van der Waals surface area contributed by atoms with E-state index in [1.54, 1.807) is 0 Å². The van der Waals surface area contributed by atoms with Crippen molar-refractivity contribution in [3.63, 3.8) is 0 Å². The third-order valence-electron chi connectivity index (χ3n) is 1.18. The highest BCUT2D eigenvalue weighted by atomic mass is 31.2. The van der Waals surface area contributed by atoms with Gasteiger partial charge in [-0.25, -0.2) is 0 Å². The van der Waals surface area contributed by atoms with Crippen LogP contribution in [0.25, 0.3) is 0 Å². The summed E-state index contributed by atoms with van der Waals surface area (Å²) in [6.45, 7) is -1.54. The Morgan fingerprint density at radius 1 is 1.12 bits per heavy atom. The van der Waals surface area contributed by atoms with Gasteiger partial charge in [-0.05, 0) is 0 Å². The molecule has 0 rings (SSSR count). The molecule has 0 aliphatic rings. The standard InChI is InChI=1S/C5H10O5.O5P2/c6-1-3(8)5(10)4(9)2-7;1-6(2)5-7(3)4/h3,5-8,10H,1-2H2;/p+2. The van der Waals surface area contributed by atoms with Crippen molar-refractivity contribution in [2.45, 2.75) is 12.2 Å². The second-order valence-corrected chi connectivity index (χ2v) is 3.98. The van der Waals surface area contributed by atoms with Crippen molar-refractivity contribution in [1.29, 1.82) is 0 Å². The van der Waals surface area contributed by atoms with Gasteiger partial charge in [-0.2, -0.15) is 0 Å². The summed E-state index contributed by atoms with van der Waals surface area (Å²) in [5, 5.41) is 33.6. The summed E-state index contributed by atoms with van der Waals surface area (Å²) in [7, 11) is -5.85. The van der Waals surface area contributed by atoms with Gasteiger partial charge in [0.25, 0.3) is 0 Å². The van der Waals surface area contributed by atoms with Gasteiger partial charge in [-0.15, -0.1) is 9.79 Å². The Balaban J connectivity index is 0. The Hall–Kier alpha value is -0.410. The van der Waals surface area contributed by atoms with Gasteiger partial charge in [0.2, 0.25) is 0 Å². The van der Waals surface area contributed by atoms with Crippen LogP contribution >= 0.6 is 16.5 Å². The largest absolute Gasteiger partial charge is 0.745 e. The predicted molar refractivity (Wildman–Crippen MR) is 51.9 cm³/mol. The fraction of sp³-hybridized carbons (Fsp3) is 0.800. The highest BCUT2D eigenvalue weighted by Crippen LogP contribution is 2.30. The third-order valence-corrected chi connectivity index (χ3v) is 2.29. The SMILES string of the molecule is O=C(CO)C(O)C(O)CO.O=[P+](O)O[P+](=O)O. The van der Waals surface area contributed by atoms with E-state index in [1.807, 2.05) is 0 Å². The highest BCUT2D eigenvalue weighted by molar-refractivity contribution is 7.46. The first-order valence-corrected chi connectivity index (χ1v) is 6.13. The monoisotopic (exact) mass is 294 g/mol. The molecule has 100 valence electrons. The van der Waals surface area contributed by atoms with E-state index in [4.69, 9.17) is 30.2 Å². The number of ketones is 1. The molecule has 4 unspecified atom stereocenters. The van der Waals surface area contributed by atoms with Gasteiger partial charge in [-0.3, -0.25) is 4.79 Å². The van der Waals surface area contributed by atoms with Gasteiger partial charge < -0.3 is 20.4 Å². The zero-order valence-corrected chi connectivity index (χ0v) is 10.1. The fourth-order valence-electron chi connectivity index (χ4n) is 0.468. The Morgan fingerprint density at radius 2 is 1.53 bits per heavy atom. The van der Waals surface area contributed by atoms with E-state index in [9.17, 15) is 13.9 Å². The normalized spacial score (nSPS) is 15.2. The molecule has 0 heterocycles. The van der Waals surface area contributed by atoms with Crippen molar-refractivity contribution in [3.8, 4) is 0 Å². The number of aliphatic hydroxyl groups excluding tert-OH is 4. The van der Waals surface area contributed by atoms with Crippen molar-refractivity contribution >= 4 is 22.3 Å². The maximum atomic E-state index is 10.3. The Kier molecular flexibility index (Phi) is 12.0. The maximum Gasteiger partial charge on any atom is 0.745 e. The number of aliphatic hydroxyl groups is 4. The van der Waals surface area contributed by atoms with Gasteiger partial charge >= 0.3 is 16.5 Å². The van der Waals surface area contributed by atoms with E-state index < -0.39 is 47.7 Å². The lowest BCUT2D eigenvalue weighted by Crippen LogP contribution is -2.37. The summed E-state index contributed by atoms with van der Waals surface area (Å²) < 4.78 is 22.2. The average Bonchev–Trinajstić information content (AvgIpc) is 2.24. The van der Waals surface area contributed by atoms with Crippen LogP contribution in [0.15, 0.2) is 0 Å². The third kappa shape index (κ3) is 11.8. The number of rotatable bonds is 6. The summed E-state index contributed by atoms with van der Waals surface area (Å²) in [4.78, 5) is 25.7. The number of carbonyl (C=O) groups excluding carboxylic acids is 1. The predicted octanol–water partition coefficient (Wildman–Crippen LogP) is -2.44. The fourth-order valence-corrected chi connectivity index (χ4v) is 0.946. The summed E-state index contributed by atoms with van der Waals surface area (Å²) in [6, 6.07) is 0. The Labute approximate surface area is 97.0 Å². The molecule has 0 saturated carbocycles. The van der Waals surface area contributed by atoms with Crippen LogP contribution in [0.3, 0.4) is 0 Å². The quantitative estimate of drug-likeness (QED) is 0.288. The smallest absolute Gasteiger partial charge is 0.394 e. The van der Waals surface area contributed by atoms with Crippen LogP contribution in [0.5, 0.6) is 0 Å². The first-order valence-electron chi connectivity index (χ1n) is 3.87. The molecule has 0 aromatic carbocycles. The van der Waals surface area contributed by atoms with E-state index in [1.165, 1.54) is 0 Å². The molecule has 0 aromatic heterocycles. The van der Waals surface area contributed by atoms with Gasteiger partial charge in [-0.1, -0.05) is 0 Å². The van der Waals surface area contributed by atoms with Crippen molar-refractivity contribution in [3.05, 3.63) is 0 Å². The minimum atomic E-state index is -2.92. The number of carbonyl (C=O) groups is 1.